The summed E-state index contributed by atoms with van der Waals surface area (Å²) in [6.45, 7) is 1.22. The Hall–Kier alpha value is -3.40. The van der Waals surface area contributed by atoms with Crippen LogP contribution in [0.25, 0.3) is 0 Å². The summed E-state index contributed by atoms with van der Waals surface area (Å²) in [6.07, 6.45) is 3.24. The van der Waals surface area contributed by atoms with Crippen molar-refractivity contribution in [3.8, 4) is 11.8 Å². The largest absolute Gasteiger partial charge is 0.478 e. The molecular formula is C25H27NO5. The number of fused-ring (bicyclic) bond motifs is 2. The van der Waals surface area contributed by atoms with E-state index in [2.05, 4.69) is 65.3 Å². The van der Waals surface area contributed by atoms with E-state index < -0.39 is 11.9 Å². The molecular weight excluding hydrogens is 394 g/mol. The van der Waals surface area contributed by atoms with E-state index in [1.807, 2.05) is 14.1 Å². The highest BCUT2D eigenvalue weighted by atomic mass is 16.5. The van der Waals surface area contributed by atoms with Crippen LogP contribution in [-0.2, 0) is 27.2 Å². The minimum Gasteiger partial charge on any atom is -0.478 e. The second-order valence-corrected chi connectivity index (χ2v) is 7.19. The molecule has 0 radical (unpaired) electrons. The lowest BCUT2D eigenvalue weighted by molar-refractivity contribution is -0.134. The van der Waals surface area contributed by atoms with Gasteiger partial charge in [0.2, 0.25) is 0 Å². The first-order chi connectivity index (χ1) is 14.9. The third kappa shape index (κ3) is 8.09. The number of hydrogen-bond acceptors (Lipinski definition) is 4. The number of nitrogens with zero attached hydrogens (tertiary/aromatic N) is 1. The predicted molar refractivity (Wildman–Crippen MR) is 119 cm³/mol. The summed E-state index contributed by atoms with van der Waals surface area (Å²) < 4.78 is 6.21. The molecule has 0 saturated carbocycles. The zero-order chi connectivity index (χ0) is 22.6. The van der Waals surface area contributed by atoms with Gasteiger partial charge in [-0.3, -0.25) is 4.90 Å². The van der Waals surface area contributed by atoms with Gasteiger partial charge in [-0.05, 0) is 49.2 Å². The molecule has 1 aliphatic carbocycles. The number of carboxylic acid groups (broad SMARTS) is 2. The quantitative estimate of drug-likeness (QED) is 0.570. The molecule has 0 unspecified atom stereocenters. The van der Waals surface area contributed by atoms with E-state index in [-0.39, 0.29) is 6.10 Å². The molecule has 3 rings (SSSR count). The molecule has 31 heavy (non-hydrogen) atoms. The summed E-state index contributed by atoms with van der Waals surface area (Å²) in [7, 11) is 4.04. The van der Waals surface area contributed by atoms with Crippen molar-refractivity contribution >= 4 is 11.9 Å². The molecule has 0 fully saturated rings. The van der Waals surface area contributed by atoms with Gasteiger partial charge in [-0.15, -0.1) is 0 Å². The molecule has 0 saturated heterocycles. The van der Waals surface area contributed by atoms with Gasteiger partial charge in [-0.25, -0.2) is 9.59 Å². The van der Waals surface area contributed by atoms with Gasteiger partial charge in [-0.1, -0.05) is 60.4 Å². The Kier molecular flexibility index (Phi) is 9.50. The van der Waals surface area contributed by atoms with E-state index in [0.29, 0.717) is 18.8 Å². The lowest BCUT2D eigenvalue weighted by Gasteiger charge is -2.19. The minimum absolute atomic E-state index is 0.0152. The number of hydrogen-bond donors (Lipinski definition) is 2. The third-order valence-corrected chi connectivity index (χ3v) is 4.55. The van der Waals surface area contributed by atoms with Gasteiger partial charge in [0.1, 0.15) is 12.7 Å². The summed E-state index contributed by atoms with van der Waals surface area (Å²) >= 11 is 0. The summed E-state index contributed by atoms with van der Waals surface area (Å²) in [5.41, 5.74) is 5.34. The van der Waals surface area contributed by atoms with E-state index in [1.54, 1.807) is 0 Å². The number of ether oxygens (including phenoxy) is 1. The van der Waals surface area contributed by atoms with Crippen molar-refractivity contribution in [2.45, 2.75) is 18.9 Å². The Bertz CT molecular complexity index is 921. The summed E-state index contributed by atoms with van der Waals surface area (Å²) in [6, 6.07) is 17.2. The van der Waals surface area contributed by atoms with E-state index >= 15 is 0 Å². The van der Waals surface area contributed by atoms with Crippen molar-refractivity contribution in [1.29, 1.82) is 0 Å². The summed E-state index contributed by atoms with van der Waals surface area (Å²) in [5.74, 6) is 3.76. The number of carbonyl (C=O) groups is 2. The van der Waals surface area contributed by atoms with Crippen LogP contribution in [0.4, 0.5) is 0 Å². The highest BCUT2D eigenvalue weighted by Gasteiger charge is 2.23. The average molecular weight is 421 g/mol. The number of benzene rings is 2. The number of aryl methyl sites for hydroxylation is 2. The summed E-state index contributed by atoms with van der Waals surface area (Å²) in [5, 5.41) is 15.6. The van der Waals surface area contributed by atoms with Crippen LogP contribution in [0.1, 0.15) is 28.4 Å². The van der Waals surface area contributed by atoms with Gasteiger partial charge in [-0.2, -0.15) is 0 Å². The Balaban J connectivity index is 0.000000366. The summed E-state index contributed by atoms with van der Waals surface area (Å²) in [4.78, 5) is 21.2. The van der Waals surface area contributed by atoms with E-state index in [1.165, 1.54) is 22.3 Å². The molecule has 0 aromatic heterocycles. The van der Waals surface area contributed by atoms with Crippen molar-refractivity contribution in [2.75, 3.05) is 27.2 Å². The molecule has 0 bridgehead atoms. The van der Waals surface area contributed by atoms with Gasteiger partial charge in [0.25, 0.3) is 0 Å². The molecule has 0 spiro atoms. The first kappa shape index (κ1) is 23.9. The van der Waals surface area contributed by atoms with Crippen molar-refractivity contribution in [3.63, 3.8) is 0 Å². The van der Waals surface area contributed by atoms with Crippen LogP contribution >= 0.6 is 0 Å². The van der Waals surface area contributed by atoms with Crippen LogP contribution in [0, 0.1) is 11.8 Å². The normalized spacial score (nSPS) is 12.6. The fourth-order valence-corrected chi connectivity index (χ4v) is 3.18. The molecule has 0 amide bonds. The van der Waals surface area contributed by atoms with E-state index in [9.17, 15) is 9.59 Å². The number of carboxylic acids is 2. The van der Waals surface area contributed by atoms with Gasteiger partial charge in [0, 0.05) is 12.2 Å². The van der Waals surface area contributed by atoms with E-state index in [0.717, 1.165) is 19.4 Å². The van der Waals surface area contributed by atoms with Crippen LogP contribution < -0.4 is 0 Å². The molecule has 6 heteroatoms. The highest BCUT2D eigenvalue weighted by Crippen LogP contribution is 2.34. The Morgan fingerprint density at radius 2 is 1.42 bits per heavy atom. The third-order valence-electron chi connectivity index (χ3n) is 4.55. The first-order valence-corrected chi connectivity index (χ1v) is 9.90. The molecule has 1 aliphatic rings. The standard InChI is InChI=1S/C21H23NO.C4H4O4/c1-22(2)15-7-8-16-23-21-19-11-5-3-9-17(19)13-14-18-10-4-6-12-20(18)21;5-3(6)1-2-4(7)8/h3-6,9-12,21H,13-16H2,1-2H3;1-2H,(H,5,6)(H,7,8)/b;2-1-. The molecule has 162 valence electrons. The molecule has 6 nitrogen and oxygen atoms in total. The Morgan fingerprint density at radius 1 is 0.935 bits per heavy atom. The zero-order valence-electron chi connectivity index (χ0n) is 17.7. The zero-order valence-corrected chi connectivity index (χ0v) is 17.7. The van der Waals surface area contributed by atoms with Crippen LogP contribution in [0.15, 0.2) is 60.7 Å². The van der Waals surface area contributed by atoms with Gasteiger partial charge >= 0.3 is 11.9 Å². The predicted octanol–water partition coefficient (Wildman–Crippen LogP) is 3.17. The maximum absolute atomic E-state index is 9.55. The number of rotatable bonds is 5. The Labute approximate surface area is 182 Å². The molecule has 0 aliphatic heterocycles. The van der Waals surface area contributed by atoms with E-state index in [4.69, 9.17) is 14.9 Å². The molecule has 0 atom stereocenters. The van der Waals surface area contributed by atoms with Crippen LogP contribution in [0.3, 0.4) is 0 Å². The molecule has 2 aromatic rings. The lowest BCUT2D eigenvalue weighted by atomic mass is 9.97. The van der Waals surface area contributed by atoms with Crippen LogP contribution in [-0.4, -0.2) is 54.3 Å². The molecule has 2 aromatic carbocycles. The van der Waals surface area contributed by atoms with Crippen molar-refractivity contribution < 1.29 is 24.5 Å². The van der Waals surface area contributed by atoms with Gasteiger partial charge in [0.15, 0.2) is 0 Å². The van der Waals surface area contributed by atoms with Crippen molar-refractivity contribution in [1.82, 2.24) is 4.90 Å². The first-order valence-electron chi connectivity index (χ1n) is 9.90. The average Bonchev–Trinajstić information content (AvgIpc) is 2.90. The SMILES string of the molecule is CN(C)CC#CCOC1c2ccccc2CCc2ccccc21.O=C(O)/C=C\C(=O)O. The number of aliphatic carboxylic acids is 2. The monoisotopic (exact) mass is 421 g/mol. The molecule has 0 heterocycles. The molecule has 2 N–H and O–H groups in total. The Morgan fingerprint density at radius 3 is 1.87 bits per heavy atom. The van der Waals surface area contributed by atoms with Crippen LogP contribution in [0.2, 0.25) is 0 Å². The van der Waals surface area contributed by atoms with Crippen molar-refractivity contribution in [3.05, 3.63) is 82.9 Å². The maximum atomic E-state index is 9.55. The van der Waals surface area contributed by atoms with Gasteiger partial charge in [0.05, 0.1) is 6.54 Å². The maximum Gasteiger partial charge on any atom is 0.328 e. The topological polar surface area (TPSA) is 87.1 Å². The fraction of sp³-hybridized carbons (Fsp3) is 0.280. The van der Waals surface area contributed by atoms with Gasteiger partial charge < -0.3 is 14.9 Å². The highest BCUT2D eigenvalue weighted by molar-refractivity contribution is 5.89. The second kappa shape index (κ2) is 12.3. The van der Waals surface area contributed by atoms with Crippen molar-refractivity contribution in [2.24, 2.45) is 0 Å². The smallest absolute Gasteiger partial charge is 0.328 e. The second-order valence-electron chi connectivity index (χ2n) is 7.19. The fourth-order valence-electron chi connectivity index (χ4n) is 3.18. The van der Waals surface area contributed by atoms with Crippen LogP contribution in [0.5, 0.6) is 0 Å². The lowest BCUT2D eigenvalue weighted by Crippen LogP contribution is -2.11. The minimum atomic E-state index is -1.26.